The molecule has 1 fully saturated rings. The van der Waals surface area contributed by atoms with Gasteiger partial charge in [0.25, 0.3) is 0 Å². The van der Waals surface area contributed by atoms with E-state index in [1.807, 2.05) is 19.9 Å². The summed E-state index contributed by atoms with van der Waals surface area (Å²) in [5, 5.41) is 12.7. The van der Waals surface area contributed by atoms with Crippen LogP contribution in [0, 0.1) is 31.1 Å². The summed E-state index contributed by atoms with van der Waals surface area (Å²) in [6.45, 7) is 4.86. The van der Waals surface area contributed by atoms with Crippen LogP contribution in [0.1, 0.15) is 49.1 Å². The van der Waals surface area contributed by atoms with E-state index in [2.05, 4.69) is 16.4 Å². The van der Waals surface area contributed by atoms with Crippen molar-refractivity contribution in [2.45, 2.75) is 46.0 Å². The summed E-state index contributed by atoms with van der Waals surface area (Å²) in [4.78, 5) is 4.34. The third-order valence-corrected chi connectivity index (χ3v) is 3.75. The maximum Gasteiger partial charge on any atom is 0.103 e. The molecule has 3 heteroatoms. The number of hydrogen-bond acceptors (Lipinski definition) is 3. The molecule has 1 aromatic rings. The predicted molar refractivity (Wildman–Crippen MR) is 73.5 cm³/mol. The summed E-state index contributed by atoms with van der Waals surface area (Å²) in [7, 11) is 0. The highest BCUT2D eigenvalue weighted by Gasteiger charge is 2.14. The molecule has 2 rings (SSSR count). The van der Waals surface area contributed by atoms with E-state index in [1.54, 1.807) is 0 Å². The zero-order chi connectivity index (χ0) is 13.0. The first-order valence-electron chi connectivity index (χ1n) is 6.83. The first-order valence-corrected chi connectivity index (χ1v) is 6.83. The average molecular weight is 243 g/mol. The van der Waals surface area contributed by atoms with Gasteiger partial charge < -0.3 is 5.32 Å². The zero-order valence-electron chi connectivity index (χ0n) is 11.3. The Labute approximate surface area is 109 Å². The number of rotatable bonds is 3. The van der Waals surface area contributed by atoms with Gasteiger partial charge >= 0.3 is 0 Å². The normalized spacial score (nSPS) is 16.3. The fourth-order valence-electron chi connectivity index (χ4n) is 2.75. The second-order valence-corrected chi connectivity index (χ2v) is 5.27. The Balaban J connectivity index is 2.06. The van der Waals surface area contributed by atoms with Crippen molar-refractivity contribution in [2.75, 3.05) is 11.9 Å². The standard InChI is InChI=1S/C15H21N3/c1-11-8-15(14(9-16)12(2)18-11)17-10-13-6-4-3-5-7-13/h8,13H,3-7,10H2,1-2H3,(H,17,18). The number of aromatic nitrogens is 1. The smallest absolute Gasteiger partial charge is 0.103 e. The molecular weight excluding hydrogens is 222 g/mol. The van der Waals surface area contributed by atoms with Gasteiger partial charge in [-0.1, -0.05) is 19.3 Å². The van der Waals surface area contributed by atoms with Gasteiger partial charge in [0.05, 0.1) is 16.9 Å². The maximum absolute atomic E-state index is 9.20. The van der Waals surface area contributed by atoms with E-state index in [9.17, 15) is 5.26 Å². The van der Waals surface area contributed by atoms with Crippen LogP contribution in [0.15, 0.2) is 6.07 Å². The fourth-order valence-corrected chi connectivity index (χ4v) is 2.75. The maximum atomic E-state index is 9.20. The quantitative estimate of drug-likeness (QED) is 0.883. The first-order chi connectivity index (χ1) is 8.70. The lowest BCUT2D eigenvalue weighted by Gasteiger charge is -2.22. The van der Waals surface area contributed by atoms with E-state index in [4.69, 9.17) is 0 Å². The molecule has 18 heavy (non-hydrogen) atoms. The molecule has 0 atom stereocenters. The molecule has 3 nitrogen and oxygen atoms in total. The lowest BCUT2D eigenvalue weighted by molar-refractivity contribution is 0.373. The van der Waals surface area contributed by atoms with Gasteiger partial charge in [-0.05, 0) is 38.7 Å². The molecule has 0 bridgehead atoms. The molecule has 1 N–H and O–H groups in total. The molecule has 0 radical (unpaired) electrons. The van der Waals surface area contributed by atoms with E-state index in [0.717, 1.165) is 29.5 Å². The van der Waals surface area contributed by atoms with Gasteiger partial charge in [0, 0.05) is 12.2 Å². The highest BCUT2D eigenvalue weighted by Crippen LogP contribution is 2.25. The van der Waals surface area contributed by atoms with Crippen molar-refractivity contribution in [2.24, 2.45) is 5.92 Å². The van der Waals surface area contributed by atoms with Crippen LogP contribution in [0.25, 0.3) is 0 Å². The minimum Gasteiger partial charge on any atom is -0.384 e. The fraction of sp³-hybridized carbons (Fsp3) is 0.600. The van der Waals surface area contributed by atoms with Gasteiger partial charge in [0.15, 0.2) is 0 Å². The Hall–Kier alpha value is -1.56. The van der Waals surface area contributed by atoms with Crippen molar-refractivity contribution in [3.63, 3.8) is 0 Å². The van der Waals surface area contributed by atoms with Gasteiger partial charge in [-0.15, -0.1) is 0 Å². The molecule has 1 aromatic heterocycles. The third-order valence-electron chi connectivity index (χ3n) is 3.75. The second-order valence-electron chi connectivity index (χ2n) is 5.27. The Morgan fingerprint density at radius 2 is 2.06 bits per heavy atom. The number of nitrogens with zero attached hydrogens (tertiary/aromatic N) is 2. The van der Waals surface area contributed by atoms with Crippen molar-refractivity contribution >= 4 is 5.69 Å². The number of pyridine rings is 1. The van der Waals surface area contributed by atoms with Gasteiger partial charge in [0.1, 0.15) is 6.07 Å². The summed E-state index contributed by atoms with van der Waals surface area (Å²) < 4.78 is 0. The van der Waals surface area contributed by atoms with Crippen molar-refractivity contribution < 1.29 is 0 Å². The van der Waals surface area contributed by atoms with Crippen LogP contribution in [-0.4, -0.2) is 11.5 Å². The number of nitriles is 1. The van der Waals surface area contributed by atoms with Crippen molar-refractivity contribution in [3.8, 4) is 6.07 Å². The molecule has 0 amide bonds. The first kappa shape index (κ1) is 12.9. The van der Waals surface area contributed by atoms with Gasteiger partial charge in [-0.2, -0.15) is 5.26 Å². The lowest BCUT2D eigenvalue weighted by Crippen LogP contribution is -2.18. The van der Waals surface area contributed by atoms with E-state index in [0.29, 0.717) is 5.56 Å². The summed E-state index contributed by atoms with van der Waals surface area (Å²) >= 11 is 0. The van der Waals surface area contributed by atoms with Crippen LogP contribution < -0.4 is 5.32 Å². The average Bonchev–Trinajstić information content (AvgIpc) is 2.37. The molecule has 1 aliphatic carbocycles. The molecule has 0 saturated heterocycles. The highest BCUT2D eigenvalue weighted by atomic mass is 14.9. The zero-order valence-corrected chi connectivity index (χ0v) is 11.3. The molecule has 0 spiro atoms. The number of hydrogen-bond donors (Lipinski definition) is 1. The van der Waals surface area contributed by atoms with Gasteiger partial charge in [0.2, 0.25) is 0 Å². The predicted octanol–water partition coefficient (Wildman–Crippen LogP) is 3.56. The minimum absolute atomic E-state index is 0.691. The topological polar surface area (TPSA) is 48.7 Å². The van der Waals surface area contributed by atoms with Crippen LogP contribution in [0.2, 0.25) is 0 Å². The molecule has 96 valence electrons. The number of anilines is 1. The molecule has 0 unspecified atom stereocenters. The summed E-state index contributed by atoms with van der Waals surface area (Å²) in [6, 6.07) is 4.23. The molecule has 1 heterocycles. The minimum atomic E-state index is 0.691. The summed E-state index contributed by atoms with van der Waals surface area (Å²) in [6.07, 6.45) is 6.72. The Kier molecular flexibility index (Phi) is 4.19. The Bertz CT molecular complexity index is 454. The van der Waals surface area contributed by atoms with Gasteiger partial charge in [-0.3, -0.25) is 4.98 Å². The molecule has 1 saturated carbocycles. The SMILES string of the molecule is Cc1cc(NCC2CCCCC2)c(C#N)c(C)n1. The van der Waals surface area contributed by atoms with E-state index < -0.39 is 0 Å². The monoisotopic (exact) mass is 243 g/mol. The largest absolute Gasteiger partial charge is 0.384 e. The molecule has 0 aliphatic heterocycles. The summed E-state index contributed by atoms with van der Waals surface area (Å²) in [5.74, 6) is 0.763. The molecule has 1 aliphatic rings. The highest BCUT2D eigenvalue weighted by molar-refractivity contribution is 5.59. The van der Waals surface area contributed by atoms with Crippen molar-refractivity contribution in [1.29, 1.82) is 5.26 Å². The van der Waals surface area contributed by atoms with E-state index in [-0.39, 0.29) is 0 Å². The number of nitrogens with one attached hydrogen (secondary N) is 1. The number of aryl methyl sites for hydroxylation is 2. The van der Waals surface area contributed by atoms with Crippen molar-refractivity contribution in [1.82, 2.24) is 4.98 Å². The van der Waals surface area contributed by atoms with E-state index >= 15 is 0 Å². The summed E-state index contributed by atoms with van der Waals surface area (Å²) in [5.41, 5.74) is 3.44. The van der Waals surface area contributed by atoms with Crippen LogP contribution >= 0.6 is 0 Å². The van der Waals surface area contributed by atoms with Gasteiger partial charge in [-0.25, -0.2) is 0 Å². The van der Waals surface area contributed by atoms with Crippen LogP contribution in [0.4, 0.5) is 5.69 Å². The van der Waals surface area contributed by atoms with Crippen molar-refractivity contribution in [3.05, 3.63) is 23.0 Å². The van der Waals surface area contributed by atoms with E-state index in [1.165, 1.54) is 32.1 Å². The second kappa shape index (κ2) is 5.86. The Morgan fingerprint density at radius 1 is 1.33 bits per heavy atom. The lowest BCUT2D eigenvalue weighted by atomic mass is 9.89. The third kappa shape index (κ3) is 3.01. The molecule has 0 aromatic carbocycles. The molecular formula is C15H21N3. The van der Waals surface area contributed by atoms with Crippen LogP contribution in [0.3, 0.4) is 0 Å². The Morgan fingerprint density at radius 3 is 2.72 bits per heavy atom. The van der Waals surface area contributed by atoms with Crippen LogP contribution in [-0.2, 0) is 0 Å². The van der Waals surface area contributed by atoms with Crippen LogP contribution in [0.5, 0.6) is 0 Å².